The predicted molar refractivity (Wildman–Crippen MR) is 74.4 cm³/mol. The average Bonchev–Trinajstić information content (AvgIpc) is 2.98. The van der Waals surface area contributed by atoms with Crippen LogP contribution in [-0.2, 0) is 0 Å². The summed E-state index contributed by atoms with van der Waals surface area (Å²) in [7, 11) is 0. The molecule has 0 aliphatic carbocycles. The normalized spacial score (nSPS) is 10.5. The van der Waals surface area contributed by atoms with E-state index in [0.717, 1.165) is 10.4 Å². The molecular formula is C13H8ClN5O2. The lowest BCUT2D eigenvalue weighted by Crippen LogP contribution is -2.07. The Morgan fingerprint density at radius 2 is 1.95 bits per heavy atom. The molecule has 2 heterocycles. The Morgan fingerprint density at radius 3 is 2.67 bits per heavy atom. The third kappa shape index (κ3) is 2.46. The topological polar surface area (TPSA) is 93.8 Å². The first-order chi connectivity index (χ1) is 10.2. The summed E-state index contributed by atoms with van der Waals surface area (Å²) in [6, 6.07) is 10.6. The van der Waals surface area contributed by atoms with Gasteiger partial charge in [0.05, 0.1) is 5.56 Å². The molecule has 0 radical (unpaired) electrons. The van der Waals surface area contributed by atoms with Gasteiger partial charge in [0, 0.05) is 11.8 Å². The Labute approximate surface area is 123 Å². The van der Waals surface area contributed by atoms with Crippen LogP contribution in [0.1, 0.15) is 10.4 Å². The van der Waals surface area contributed by atoms with E-state index in [1.165, 1.54) is 12.3 Å². The van der Waals surface area contributed by atoms with Crippen LogP contribution in [0.25, 0.3) is 17.2 Å². The summed E-state index contributed by atoms with van der Waals surface area (Å²) in [5.41, 5.74) is 0.717. The molecule has 21 heavy (non-hydrogen) atoms. The molecule has 8 heteroatoms. The number of aromatic carboxylic acids is 1. The van der Waals surface area contributed by atoms with Crippen LogP contribution in [0.5, 0.6) is 0 Å². The summed E-state index contributed by atoms with van der Waals surface area (Å²) >= 11 is 6.02. The maximum Gasteiger partial charge on any atom is 0.337 e. The second kappa shape index (κ2) is 5.29. The molecule has 0 saturated heterocycles. The number of carbonyl (C=O) groups is 1. The molecule has 104 valence electrons. The number of hydrogen-bond acceptors (Lipinski definition) is 5. The largest absolute Gasteiger partial charge is 0.478 e. The summed E-state index contributed by atoms with van der Waals surface area (Å²) < 4.78 is 0. The van der Waals surface area contributed by atoms with Crippen molar-refractivity contribution >= 4 is 17.6 Å². The minimum Gasteiger partial charge on any atom is -0.478 e. The van der Waals surface area contributed by atoms with E-state index < -0.39 is 5.97 Å². The van der Waals surface area contributed by atoms with Crippen molar-refractivity contribution in [3.8, 4) is 17.2 Å². The van der Waals surface area contributed by atoms with Crippen molar-refractivity contribution in [3.05, 3.63) is 53.2 Å². The number of carboxylic acids is 1. The van der Waals surface area contributed by atoms with Crippen LogP contribution in [-0.4, -0.2) is 36.3 Å². The summed E-state index contributed by atoms with van der Waals surface area (Å²) in [5, 5.41) is 20.9. The first-order valence-corrected chi connectivity index (χ1v) is 6.28. The van der Waals surface area contributed by atoms with Crippen molar-refractivity contribution in [3.63, 3.8) is 0 Å². The van der Waals surface area contributed by atoms with Crippen LogP contribution in [0.3, 0.4) is 0 Å². The van der Waals surface area contributed by atoms with E-state index in [4.69, 9.17) is 16.7 Å². The Bertz CT molecular complexity index is 803. The SMILES string of the molecule is O=C(O)c1ccnc(-n2nnc(-c3ccccc3)n2)c1Cl. The highest BCUT2D eigenvalue weighted by Crippen LogP contribution is 2.22. The van der Waals surface area contributed by atoms with E-state index in [0.29, 0.717) is 5.82 Å². The van der Waals surface area contributed by atoms with E-state index in [9.17, 15) is 4.79 Å². The summed E-state index contributed by atoms with van der Waals surface area (Å²) in [4.78, 5) is 16.2. The minimum absolute atomic E-state index is 0.0398. The first kappa shape index (κ1) is 13.2. The number of rotatable bonds is 3. The molecule has 0 bridgehead atoms. The zero-order valence-electron chi connectivity index (χ0n) is 10.5. The van der Waals surface area contributed by atoms with Gasteiger partial charge in [0.1, 0.15) is 5.02 Å². The van der Waals surface area contributed by atoms with Crippen molar-refractivity contribution in [1.29, 1.82) is 0 Å². The van der Waals surface area contributed by atoms with Crippen molar-refractivity contribution in [1.82, 2.24) is 25.2 Å². The fourth-order valence-electron chi connectivity index (χ4n) is 1.74. The van der Waals surface area contributed by atoms with Crippen molar-refractivity contribution in [2.24, 2.45) is 0 Å². The highest BCUT2D eigenvalue weighted by molar-refractivity contribution is 6.35. The lowest BCUT2D eigenvalue weighted by atomic mass is 10.2. The van der Waals surface area contributed by atoms with Gasteiger partial charge >= 0.3 is 5.97 Å². The highest BCUT2D eigenvalue weighted by atomic mass is 35.5. The minimum atomic E-state index is -1.15. The average molecular weight is 302 g/mol. The number of pyridine rings is 1. The van der Waals surface area contributed by atoms with Gasteiger partial charge in [0.25, 0.3) is 0 Å². The second-order valence-corrected chi connectivity index (χ2v) is 4.45. The number of benzene rings is 1. The molecule has 0 fully saturated rings. The number of nitrogens with zero attached hydrogens (tertiary/aromatic N) is 5. The van der Waals surface area contributed by atoms with Crippen LogP contribution in [0, 0.1) is 0 Å². The van der Waals surface area contributed by atoms with Crippen LogP contribution in [0.15, 0.2) is 42.6 Å². The smallest absolute Gasteiger partial charge is 0.337 e. The van der Waals surface area contributed by atoms with Crippen molar-refractivity contribution < 1.29 is 9.90 Å². The fourth-order valence-corrected chi connectivity index (χ4v) is 2.01. The van der Waals surface area contributed by atoms with Gasteiger partial charge in [-0.05, 0) is 11.3 Å². The van der Waals surface area contributed by atoms with E-state index in [1.807, 2.05) is 30.3 Å². The zero-order chi connectivity index (χ0) is 14.8. The van der Waals surface area contributed by atoms with Gasteiger partial charge in [0.2, 0.25) is 5.82 Å². The van der Waals surface area contributed by atoms with Crippen molar-refractivity contribution in [2.75, 3.05) is 0 Å². The molecular weight excluding hydrogens is 294 g/mol. The van der Waals surface area contributed by atoms with Gasteiger partial charge in [0.15, 0.2) is 5.82 Å². The van der Waals surface area contributed by atoms with E-state index in [-0.39, 0.29) is 16.4 Å². The molecule has 0 aliphatic rings. The molecule has 1 aromatic carbocycles. The Hall–Kier alpha value is -2.80. The monoisotopic (exact) mass is 301 g/mol. The Morgan fingerprint density at radius 1 is 1.19 bits per heavy atom. The summed E-state index contributed by atoms with van der Waals surface area (Å²) in [6.07, 6.45) is 1.33. The van der Waals surface area contributed by atoms with Gasteiger partial charge in [-0.15, -0.1) is 15.0 Å². The molecule has 7 nitrogen and oxygen atoms in total. The van der Waals surface area contributed by atoms with Gasteiger partial charge in [-0.25, -0.2) is 9.78 Å². The van der Waals surface area contributed by atoms with E-state index in [1.54, 1.807) is 0 Å². The quantitative estimate of drug-likeness (QED) is 0.796. The molecule has 1 N–H and O–H groups in total. The molecule has 2 aromatic heterocycles. The van der Waals surface area contributed by atoms with Crippen LogP contribution in [0.2, 0.25) is 5.02 Å². The number of hydrogen-bond donors (Lipinski definition) is 1. The molecule has 0 unspecified atom stereocenters. The lowest BCUT2D eigenvalue weighted by Gasteiger charge is -2.03. The molecule has 0 amide bonds. The van der Waals surface area contributed by atoms with E-state index >= 15 is 0 Å². The molecule has 0 aliphatic heterocycles. The van der Waals surface area contributed by atoms with Gasteiger partial charge in [-0.3, -0.25) is 0 Å². The second-order valence-electron chi connectivity index (χ2n) is 4.07. The number of carboxylic acid groups (broad SMARTS) is 1. The third-order valence-electron chi connectivity index (χ3n) is 2.74. The maximum atomic E-state index is 11.1. The van der Waals surface area contributed by atoms with Crippen LogP contribution in [0.4, 0.5) is 0 Å². The van der Waals surface area contributed by atoms with Crippen LogP contribution < -0.4 is 0 Å². The molecule has 3 rings (SSSR count). The first-order valence-electron chi connectivity index (χ1n) is 5.90. The van der Waals surface area contributed by atoms with E-state index in [2.05, 4.69) is 20.4 Å². The molecule has 0 spiro atoms. The van der Waals surface area contributed by atoms with Crippen molar-refractivity contribution in [2.45, 2.75) is 0 Å². The highest BCUT2D eigenvalue weighted by Gasteiger charge is 2.17. The fraction of sp³-hybridized carbons (Fsp3) is 0. The maximum absolute atomic E-state index is 11.1. The number of halogens is 1. The molecule has 0 atom stereocenters. The molecule has 0 saturated carbocycles. The summed E-state index contributed by atoms with van der Waals surface area (Å²) in [5.74, 6) is -0.632. The zero-order valence-corrected chi connectivity index (χ0v) is 11.3. The number of tetrazole rings is 1. The van der Waals surface area contributed by atoms with Gasteiger partial charge in [-0.2, -0.15) is 0 Å². The summed E-state index contributed by atoms with van der Waals surface area (Å²) in [6.45, 7) is 0. The number of aromatic nitrogens is 5. The standard InChI is InChI=1S/C13H8ClN5O2/c14-10-9(13(20)21)6-7-15-12(10)19-17-11(16-18-19)8-4-2-1-3-5-8/h1-7H,(H,20,21). The third-order valence-corrected chi connectivity index (χ3v) is 3.11. The van der Waals surface area contributed by atoms with Gasteiger partial charge in [-0.1, -0.05) is 41.9 Å². The Kier molecular flexibility index (Phi) is 3.33. The Balaban J connectivity index is 2.05. The van der Waals surface area contributed by atoms with Gasteiger partial charge < -0.3 is 5.11 Å². The lowest BCUT2D eigenvalue weighted by molar-refractivity contribution is 0.0697. The predicted octanol–water partition coefficient (Wildman–Crippen LogP) is 2.08. The molecule has 3 aromatic rings. The van der Waals surface area contributed by atoms with Crippen LogP contribution >= 0.6 is 11.6 Å².